The van der Waals surface area contributed by atoms with Crippen molar-refractivity contribution in [2.45, 2.75) is 32.4 Å². The Labute approximate surface area is 188 Å². The van der Waals surface area contributed by atoms with E-state index in [4.69, 9.17) is 0 Å². The van der Waals surface area contributed by atoms with Crippen LogP contribution >= 0.6 is 11.3 Å². The van der Waals surface area contributed by atoms with Gasteiger partial charge < -0.3 is 9.13 Å². The number of rotatable bonds is 6. The molecule has 0 spiro atoms. The predicted octanol–water partition coefficient (Wildman–Crippen LogP) is 4.48. The number of carbonyl (C=O) groups excluding carboxylic acids is 1. The highest BCUT2D eigenvalue weighted by Crippen LogP contribution is 2.22. The van der Waals surface area contributed by atoms with Crippen molar-refractivity contribution in [3.05, 3.63) is 82.7 Å². The molecule has 1 amide bonds. The molecule has 0 saturated carbocycles. The number of imidazole rings is 1. The van der Waals surface area contributed by atoms with Crippen molar-refractivity contribution in [1.29, 1.82) is 0 Å². The second-order valence-electron chi connectivity index (χ2n) is 7.60. The number of aryl methyl sites for hydroxylation is 1. The van der Waals surface area contributed by atoms with E-state index in [0.717, 1.165) is 29.9 Å². The predicted molar refractivity (Wildman–Crippen MR) is 122 cm³/mol. The molecular weight excluding hydrogens is 427 g/mol. The maximum Gasteiger partial charge on any atom is 0.274 e. The summed E-state index contributed by atoms with van der Waals surface area (Å²) in [5.74, 6) is -0.808. The molecule has 7 nitrogen and oxygen atoms in total. The summed E-state index contributed by atoms with van der Waals surface area (Å²) in [5, 5.41) is 5.27. The number of hydrogen-bond acceptors (Lipinski definition) is 5. The molecule has 5 rings (SSSR count). The number of halogens is 1. The molecule has 9 heteroatoms. The molecule has 162 valence electrons. The first-order chi connectivity index (χ1) is 15.7. The summed E-state index contributed by atoms with van der Waals surface area (Å²) in [4.78, 5) is 25.3. The van der Waals surface area contributed by atoms with Gasteiger partial charge in [0.15, 0.2) is 5.13 Å². The summed E-state index contributed by atoms with van der Waals surface area (Å²) >= 11 is 1.37. The van der Waals surface area contributed by atoms with Crippen LogP contribution in [0, 0.1) is 5.95 Å². The van der Waals surface area contributed by atoms with Crippen molar-refractivity contribution >= 4 is 34.5 Å². The van der Waals surface area contributed by atoms with Crippen LogP contribution in [-0.4, -0.2) is 30.0 Å². The normalized spacial score (nSPS) is 13.4. The smallest absolute Gasteiger partial charge is 0.274 e. The number of anilines is 1. The van der Waals surface area contributed by atoms with Gasteiger partial charge in [0.05, 0.1) is 17.7 Å². The summed E-state index contributed by atoms with van der Waals surface area (Å²) in [6.07, 6.45) is 12.4. The van der Waals surface area contributed by atoms with Crippen molar-refractivity contribution in [3.63, 3.8) is 0 Å². The van der Waals surface area contributed by atoms with Gasteiger partial charge in [-0.05, 0) is 61.2 Å². The van der Waals surface area contributed by atoms with Crippen LogP contribution in [0.2, 0.25) is 0 Å². The quantitative estimate of drug-likeness (QED) is 0.441. The molecule has 5 heterocycles. The van der Waals surface area contributed by atoms with Gasteiger partial charge in [0.25, 0.3) is 5.91 Å². The number of hydrogen-bond donors (Lipinski definition) is 1. The SMILES string of the molecule is O=C(Nc1nc(C=Cc2ncn3c2CCCC3)cs1)c1cccn1Cc1ccnc(F)c1. The Morgan fingerprint density at radius 1 is 1.25 bits per heavy atom. The minimum atomic E-state index is -0.542. The van der Waals surface area contributed by atoms with E-state index in [1.54, 1.807) is 29.0 Å². The third-order valence-corrected chi connectivity index (χ3v) is 6.18. The summed E-state index contributed by atoms with van der Waals surface area (Å²) < 4.78 is 17.3. The van der Waals surface area contributed by atoms with Crippen molar-refractivity contribution < 1.29 is 9.18 Å². The number of fused-ring (bicyclic) bond motifs is 1. The molecule has 0 unspecified atom stereocenters. The maximum atomic E-state index is 13.4. The fourth-order valence-corrected chi connectivity index (χ4v) is 4.52. The van der Waals surface area contributed by atoms with Gasteiger partial charge in [0.2, 0.25) is 5.95 Å². The first-order valence-corrected chi connectivity index (χ1v) is 11.3. The first-order valence-electron chi connectivity index (χ1n) is 10.4. The van der Waals surface area contributed by atoms with Gasteiger partial charge in [-0.1, -0.05) is 0 Å². The number of pyridine rings is 1. The molecule has 4 aromatic rings. The van der Waals surface area contributed by atoms with E-state index in [1.165, 1.54) is 42.1 Å². The van der Waals surface area contributed by atoms with E-state index in [9.17, 15) is 9.18 Å². The minimum absolute atomic E-state index is 0.266. The summed E-state index contributed by atoms with van der Waals surface area (Å²) in [6, 6.07) is 6.59. The largest absolute Gasteiger partial charge is 0.339 e. The highest BCUT2D eigenvalue weighted by Gasteiger charge is 2.15. The molecule has 0 aromatic carbocycles. The molecule has 0 aliphatic carbocycles. The molecule has 1 aliphatic heterocycles. The Morgan fingerprint density at radius 3 is 3.09 bits per heavy atom. The average molecular weight is 449 g/mol. The lowest BCUT2D eigenvalue weighted by molar-refractivity contribution is 0.101. The van der Waals surface area contributed by atoms with E-state index in [2.05, 4.69) is 24.8 Å². The van der Waals surface area contributed by atoms with Crippen LogP contribution in [0.4, 0.5) is 9.52 Å². The van der Waals surface area contributed by atoms with Crippen LogP contribution in [0.3, 0.4) is 0 Å². The molecule has 4 aromatic heterocycles. The molecular formula is C23H21FN6OS. The Bertz CT molecular complexity index is 1290. The lowest BCUT2D eigenvalue weighted by Gasteiger charge is -2.13. The average Bonchev–Trinajstić information content (AvgIpc) is 3.52. The minimum Gasteiger partial charge on any atom is -0.339 e. The van der Waals surface area contributed by atoms with Gasteiger partial charge in [0.1, 0.15) is 5.69 Å². The van der Waals surface area contributed by atoms with Crippen LogP contribution in [-0.2, 0) is 19.5 Å². The van der Waals surface area contributed by atoms with E-state index < -0.39 is 5.95 Å². The summed E-state index contributed by atoms with van der Waals surface area (Å²) in [7, 11) is 0. The lowest BCUT2D eigenvalue weighted by Crippen LogP contribution is -2.17. The highest BCUT2D eigenvalue weighted by atomic mass is 32.1. The van der Waals surface area contributed by atoms with E-state index >= 15 is 0 Å². The number of thiazole rings is 1. The molecule has 1 aliphatic rings. The molecule has 0 atom stereocenters. The Balaban J connectivity index is 1.26. The van der Waals surface area contributed by atoms with Crippen molar-refractivity contribution in [1.82, 2.24) is 24.1 Å². The van der Waals surface area contributed by atoms with Gasteiger partial charge >= 0.3 is 0 Å². The monoisotopic (exact) mass is 448 g/mol. The van der Waals surface area contributed by atoms with E-state index in [1.807, 2.05) is 23.9 Å². The Morgan fingerprint density at radius 2 is 2.19 bits per heavy atom. The Hall–Kier alpha value is -3.59. The van der Waals surface area contributed by atoms with Crippen LogP contribution in [0.5, 0.6) is 0 Å². The van der Waals surface area contributed by atoms with Crippen LogP contribution in [0.15, 0.2) is 48.4 Å². The summed E-state index contributed by atoms with van der Waals surface area (Å²) in [5.41, 5.74) is 4.22. The topological polar surface area (TPSA) is 77.6 Å². The standard InChI is InChI=1S/C23H21FN6OS/c24-21-12-16(8-9-25-21)13-29-11-3-5-20(29)22(31)28-23-27-17(14-32-23)6-7-18-19-4-1-2-10-30(19)15-26-18/h3,5-9,11-12,14-15H,1-2,4,10,13H2,(H,27,28,31). The van der Waals surface area contributed by atoms with Gasteiger partial charge in [-0.2, -0.15) is 4.39 Å². The molecule has 1 N–H and O–H groups in total. The van der Waals surface area contributed by atoms with Crippen LogP contribution < -0.4 is 5.32 Å². The zero-order chi connectivity index (χ0) is 21.9. The third-order valence-electron chi connectivity index (χ3n) is 5.40. The molecule has 0 saturated heterocycles. The van der Waals surface area contributed by atoms with Crippen molar-refractivity contribution in [2.24, 2.45) is 0 Å². The molecule has 32 heavy (non-hydrogen) atoms. The Kier molecular flexibility index (Phi) is 5.64. The van der Waals surface area contributed by atoms with Crippen molar-refractivity contribution in [2.75, 3.05) is 5.32 Å². The molecule has 0 bridgehead atoms. The second kappa shape index (κ2) is 8.88. The van der Waals surface area contributed by atoms with Crippen molar-refractivity contribution in [3.8, 4) is 0 Å². The summed E-state index contributed by atoms with van der Waals surface area (Å²) in [6.45, 7) is 1.40. The van der Waals surface area contributed by atoms with Gasteiger partial charge in [0, 0.05) is 36.6 Å². The zero-order valence-corrected chi connectivity index (χ0v) is 18.1. The third kappa shape index (κ3) is 4.38. The van der Waals surface area contributed by atoms with E-state index in [-0.39, 0.29) is 5.91 Å². The zero-order valence-electron chi connectivity index (χ0n) is 17.2. The molecule has 0 fully saturated rings. The van der Waals surface area contributed by atoms with Gasteiger partial charge in [-0.25, -0.2) is 15.0 Å². The number of amides is 1. The lowest BCUT2D eigenvalue weighted by atomic mass is 10.1. The molecule has 0 radical (unpaired) electrons. The van der Waals surface area contributed by atoms with Crippen LogP contribution in [0.1, 0.15) is 46.0 Å². The highest BCUT2D eigenvalue weighted by molar-refractivity contribution is 7.14. The van der Waals surface area contributed by atoms with Crippen LogP contribution in [0.25, 0.3) is 12.2 Å². The first kappa shape index (κ1) is 20.3. The maximum absolute atomic E-state index is 13.4. The second-order valence-corrected chi connectivity index (χ2v) is 8.46. The number of nitrogens with one attached hydrogen (secondary N) is 1. The fourth-order valence-electron chi connectivity index (χ4n) is 3.84. The van der Waals surface area contributed by atoms with E-state index in [0.29, 0.717) is 17.4 Å². The number of nitrogens with zero attached hydrogens (tertiary/aromatic N) is 5. The number of aromatic nitrogens is 5. The van der Waals surface area contributed by atoms with Gasteiger partial charge in [-0.3, -0.25) is 10.1 Å². The number of carbonyl (C=O) groups is 1. The fraction of sp³-hybridized carbons (Fsp3) is 0.217. The van der Waals surface area contributed by atoms with Gasteiger partial charge in [-0.15, -0.1) is 11.3 Å².